The first-order valence-corrected chi connectivity index (χ1v) is 10.9. The molecule has 4 amide bonds. The predicted octanol–water partition coefficient (Wildman–Crippen LogP) is 2.23. The van der Waals surface area contributed by atoms with Crippen molar-refractivity contribution in [3.8, 4) is 5.75 Å². The van der Waals surface area contributed by atoms with Crippen molar-refractivity contribution < 1.29 is 29.1 Å². The third-order valence-corrected chi connectivity index (χ3v) is 7.37. The van der Waals surface area contributed by atoms with Gasteiger partial charge in [0.15, 0.2) is 11.6 Å². The third kappa shape index (κ3) is 2.77. The molecule has 0 saturated carbocycles. The number of ketones is 2. The summed E-state index contributed by atoms with van der Waals surface area (Å²) in [5.41, 5.74) is 7.36. The number of hydrogen-bond acceptors (Lipinski definition) is 6. The molecule has 162 valence electrons. The number of carbonyl (C=O) groups is 5. The normalized spacial score (nSPS) is 29.3. The molecule has 4 atom stereocenters. The Morgan fingerprint density at radius 1 is 1.06 bits per heavy atom. The van der Waals surface area contributed by atoms with Crippen molar-refractivity contribution >= 4 is 45.3 Å². The van der Waals surface area contributed by atoms with Crippen LogP contribution in [0.1, 0.15) is 24.3 Å². The minimum Gasteiger partial charge on any atom is -0.508 e. The number of aromatic hydroxyl groups is 1. The van der Waals surface area contributed by atoms with Gasteiger partial charge in [-0.1, -0.05) is 23.8 Å². The van der Waals surface area contributed by atoms with Crippen molar-refractivity contribution in [1.29, 1.82) is 0 Å². The van der Waals surface area contributed by atoms with Gasteiger partial charge in [-0.2, -0.15) is 4.90 Å². The molecule has 9 heteroatoms. The van der Waals surface area contributed by atoms with E-state index in [1.165, 1.54) is 18.2 Å². The molecular formula is C23H17BrN2O6. The Labute approximate surface area is 190 Å². The van der Waals surface area contributed by atoms with Gasteiger partial charge in [-0.15, -0.1) is 0 Å². The summed E-state index contributed by atoms with van der Waals surface area (Å²) in [6, 6.07) is 5.21. The molecule has 3 aliphatic carbocycles. The van der Waals surface area contributed by atoms with Crippen LogP contribution in [0, 0.1) is 17.8 Å². The average Bonchev–Trinajstić information content (AvgIpc) is 3.01. The highest BCUT2D eigenvalue weighted by Crippen LogP contribution is 2.55. The number of nitrogens with zero attached hydrogens (tertiary/aromatic N) is 1. The zero-order valence-corrected chi connectivity index (χ0v) is 18.2. The van der Waals surface area contributed by atoms with Crippen LogP contribution in [0.25, 0.3) is 0 Å². The number of likely N-dealkylation sites (tertiary alicyclic amines) is 1. The van der Waals surface area contributed by atoms with Crippen molar-refractivity contribution in [2.45, 2.75) is 18.8 Å². The number of primary amides is 1. The number of allylic oxidation sites excluding steroid dienone is 6. The number of benzene rings is 1. The molecule has 3 N–H and O–H groups in total. The first kappa shape index (κ1) is 20.6. The highest BCUT2D eigenvalue weighted by atomic mass is 79.9. The molecule has 1 heterocycles. The first-order valence-electron chi connectivity index (χ1n) is 10.1. The number of amides is 4. The zero-order valence-electron chi connectivity index (χ0n) is 16.6. The molecule has 5 rings (SSSR count). The topological polar surface area (TPSA) is 135 Å². The third-order valence-electron chi connectivity index (χ3n) is 6.78. The molecular weight excluding hydrogens is 480 g/mol. The van der Waals surface area contributed by atoms with E-state index in [9.17, 15) is 29.1 Å². The van der Waals surface area contributed by atoms with E-state index in [1.807, 2.05) is 6.08 Å². The molecule has 0 radical (unpaired) electrons. The van der Waals surface area contributed by atoms with Crippen LogP contribution in [0.3, 0.4) is 0 Å². The van der Waals surface area contributed by atoms with Crippen molar-refractivity contribution in [2.24, 2.45) is 23.5 Å². The van der Waals surface area contributed by atoms with Gasteiger partial charge in [0.25, 0.3) is 0 Å². The second-order valence-electron chi connectivity index (χ2n) is 8.34. The van der Waals surface area contributed by atoms with E-state index in [0.29, 0.717) is 21.6 Å². The van der Waals surface area contributed by atoms with Crippen LogP contribution in [-0.4, -0.2) is 39.4 Å². The molecule has 32 heavy (non-hydrogen) atoms. The number of carbonyl (C=O) groups excluding carboxylic acids is 5. The lowest BCUT2D eigenvalue weighted by Crippen LogP contribution is -2.42. The maximum absolute atomic E-state index is 13.1. The molecule has 1 fully saturated rings. The zero-order chi connectivity index (χ0) is 22.9. The lowest BCUT2D eigenvalue weighted by atomic mass is 9.59. The van der Waals surface area contributed by atoms with Gasteiger partial charge >= 0.3 is 6.03 Å². The van der Waals surface area contributed by atoms with Gasteiger partial charge in [-0.25, -0.2) is 4.79 Å². The number of imide groups is 3. The fraction of sp³-hybridized carbons (Fsp3) is 0.261. The van der Waals surface area contributed by atoms with Crippen molar-refractivity contribution in [3.05, 3.63) is 63.2 Å². The van der Waals surface area contributed by atoms with Crippen molar-refractivity contribution in [3.63, 3.8) is 0 Å². The van der Waals surface area contributed by atoms with Gasteiger partial charge in [0.2, 0.25) is 11.8 Å². The quantitative estimate of drug-likeness (QED) is 0.347. The Bertz CT molecular complexity index is 1230. The SMILES string of the molecule is NC(=O)N1C(=O)[C@H]2[C@H](CC=C3[C@H](c4ccc(O)cc4)C4=C(C[C@H]32)C(=O)C(Br)=CC4=O)C1=O. The average molecular weight is 497 g/mol. The number of fused-ring (bicyclic) bond motifs is 3. The summed E-state index contributed by atoms with van der Waals surface area (Å²) in [5.74, 6) is -4.61. The van der Waals surface area contributed by atoms with Crippen molar-refractivity contribution in [2.75, 3.05) is 0 Å². The molecule has 0 bridgehead atoms. The predicted molar refractivity (Wildman–Crippen MR) is 114 cm³/mol. The molecule has 1 aromatic carbocycles. The largest absolute Gasteiger partial charge is 0.508 e. The number of nitrogens with two attached hydrogens (primary N) is 1. The number of hydrogen-bond donors (Lipinski definition) is 2. The highest BCUT2D eigenvalue weighted by molar-refractivity contribution is 9.12. The second kappa shape index (κ2) is 7.09. The van der Waals surface area contributed by atoms with E-state index < -0.39 is 41.5 Å². The second-order valence-corrected chi connectivity index (χ2v) is 9.19. The van der Waals surface area contributed by atoms with Gasteiger partial charge in [0.1, 0.15) is 5.75 Å². The number of rotatable bonds is 1. The van der Waals surface area contributed by atoms with E-state index in [-0.39, 0.29) is 34.6 Å². The van der Waals surface area contributed by atoms with Crippen LogP contribution >= 0.6 is 15.9 Å². The van der Waals surface area contributed by atoms with Gasteiger partial charge in [-0.3, -0.25) is 19.2 Å². The van der Waals surface area contributed by atoms with Gasteiger partial charge in [0, 0.05) is 23.1 Å². The number of urea groups is 1. The maximum Gasteiger partial charge on any atom is 0.328 e. The molecule has 0 spiro atoms. The standard InChI is InChI=1S/C23H17BrN2O6/c24-15-8-16(28)19-14(20(15)29)7-13-11(17(19)9-1-3-10(27)4-2-9)5-6-12-18(13)22(31)26(21(12)30)23(25)32/h1-5,8,12-13,17-18,27H,6-7H2,(H2,25,32)/t12-,13+,17-,18-/m0/s1. The van der Waals surface area contributed by atoms with E-state index in [2.05, 4.69) is 15.9 Å². The monoisotopic (exact) mass is 496 g/mol. The van der Waals surface area contributed by atoms with Crippen LogP contribution < -0.4 is 5.73 Å². The minimum atomic E-state index is -1.11. The Balaban J connectivity index is 1.69. The van der Waals surface area contributed by atoms with E-state index in [0.717, 1.165) is 5.57 Å². The van der Waals surface area contributed by atoms with Gasteiger partial charge in [-0.05, 0) is 52.4 Å². The van der Waals surface area contributed by atoms with Gasteiger partial charge < -0.3 is 10.8 Å². The molecule has 0 aromatic heterocycles. The number of phenols is 1. The minimum absolute atomic E-state index is 0.0513. The smallest absolute Gasteiger partial charge is 0.328 e. The molecule has 1 saturated heterocycles. The molecule has 4 aliphatic rings. The lowest BCUT2D eigenvalue weighted by molar-refractivity contribution is -0.136. The van der Waals surface area contributed by atoms with Crippen LogP contribution in [0.5, 0.6) is 5.75 Å². The van der Waals surface area contributed by atoms with Gasteiger partial charge in [0.05, 0.1) is 16.3 Å². The first-order chi connectivity index (χ1) is 15.2. The molecule has 1 aromatic rings. The van der Waals surface area contributed by atoms with E-state index in [4.69, 9.17) is 5.73 Å². The summed E-state index contributed by atoms with van der Waals surface area (Å²) in [4.78, 5) is 64.0. The summed E-state index contributed by atoms with van der Waals surface area (Å²) in [7, 11) is 0. The number of halogens is 1. The Hall–Kier alpha value is -3.33. The van der Waals surface area contributed by atoms with E-state index >= 15 is 0 Å². The molecule has 8 nitrogen and oxygen atoms in total. The summed E-state index contributed by atoms with van der Waals surface area (Å²) in [5, 5.41) is 9.72. The van der Waals surface area contributed by atoms with Crippen LogP contribution in [0.15, 0.2) is 57.6 Å². The Morgan fingerprint density at radius 2 is 1.75 bits per heavy atom. The summed E-state index contributed by atoms with van der Waals surface area (Å²) < 4.78 is 0.137. The lowest BCUT2D eigenvalue weighted by Gasteiger charge is -2.42. The fourth-order valence-electron chi connectivity index (χ4n) is 5.47. The summed E-state index contributed by atoms with van der Waals surface area (Å²) in [6.45, 7) is 0. The van der Waals surface area contributed by atoms with Crippen molar-refractivity contribution in [1.82, 2.24) is 4.90 Å². The summed E-state index contributed by atoms with van der Waals surface area (Å²) >= 11 is 3.15. The van der Waals surface area contributed by atoms with E-state index in [1.54, 1.807) is 12.1 Å². The molecule has 1 aliphatic heterocycles. The van der Waals surface area contributed by atoms with Crippen LogP contribution in [0.2, 0.25) is 0 Å². The summed E-state index contributed by atoms with van der Waals surface area (Å²) in [6.07, 6.45) is 3.42. The Morgan fingerprint density at radius 3 is 2.41 bits per heavy atom. The Kier molecular flexibility index (Phi) is 4.56. The highest BCUT2D eigenvalue weighted by Gasteiger charge is 2.57. The molecule has 0 unspecified atom stereocenters. The van der Waals surface area contributed by atoms with Crippen LogP contribution in [-0.2, 0) is 19.2 Å². The number of phenolic OH excluding ortho intramolecular Hbond substituents is 1. The number of Topliss-reactive ketones (excluding diaryl/α,β-unsaturated/α-hetero) is 1. The maximum atomic E-state index is 13.1. The van der Waals surface area contributed by atoms with Crippen LogP contribution in [0.4, 0.5) is 4.79 Å². The fourth-order valence-corrected chi connectivity index (χ4v) is 5.92.